The van der Waals surface area contributed by atoms with Crippen LogP contribution in [0.25, 0.3) is 0 Å². The topological polar surface area (TPSA) is 124 Å². The largest absolute Gasteiger partial charge is 0.497 e. The highest BCUT2D eigenvalue weighted by Crippen LogP contribution is 2.36. The van der Waals surface area contributed by atoms with E-state index in [1.165, 1.54) is 33.3 Å². The van der Waals surface area contributed by atoms with Gasteiger partial charge in [0.15, 0.2) is 11.5 Å². The van der Waals surface area contributed by atoms with Gasteiger partial charge in [-0.05, 0) is 60.0 Å². The Labute approximate surface area is 272 Å². The monoisotopic (exact) mass is 637 g/mol. The molecule has 1 atom stereocenters. The molecule has 0 bridgehead atoms. The third-order valence-corrected chi connectivity index (χ3v) is 8.04. The minimum Gasteiger partial charge on any atom is -0.497 e. The summed E-state index contributed by atoms with van der Waals surface area (Å²) in [7, 11) is 5.96. The quantitative estimate of drug-likeness (QED) is 0.216. The van der Waals surface area contributed by atoms with Crippen molar-refractivity contribution in [3.05, 3.63) is 107 Å². The number of carbonyl (C=O) groups is 4. The van der Waals surface area contributed by atoms with E-state index in [4.69, 9.17) is 18.9 Å². The van der Waals surface area contributed by atoms with Crippen molar-refractivity contribution in [1.82, 2.24) is 4.90 Å². The van der Waals surface area contributed by atoms with Gasteiger partial charge in [-0.2, -0.15) is 0 Å². The maximum Gasteiger partial charge on any atom is 0.299 e. The van der Waals surface area contributed by atoms with Gasteiger partial charge in [-0.15, -0.1) is 0 Å². The first-order valence-corrected chi connectivity index (χ1v) is 14.7. The van der Waals surface area contributed by atoms with Gasteiger partial charge in [0, 0.05) is 12.6 Å². The van der Waals surface area contributed by atoms with Crippen LogP contribution in [0.2, 0.25) is 0 Å². The lowest BCUT2D eigenvalue weighted by molar-refractivity contribution is -0.139. The van der Waals surface area contributed by atoms with Crippen LogP contribution in [0.4, 0.5) is 11.4 Å². The van der Waals surface area contributed by atoms with Crippen LogP contribution in [-0.4, -0.2) is 63.4 Å². The number of fused-ring (bicyclic) bond motifs is 1. The van der Waals surface area contributed by atoms with Crippen LogP contribution >= 0.6 is 0 Å². The summed E-state index contributed by atoms with van der Waals surface area (Å²) < 4.78 is 21.8. The number of aryl methyl sites for hydroxylation is 1. The first kappa shape index (κ1) is 32.6. The molecule has 47 heavy (non-hydrogen) atoms. The molecule has 5 rings (SSSR count). The van der Waals surface area contributed by atoms with Gasteiger partial charge >= 0.3 is 0 Å². The number of hydrogen-bond acceptors (Lipinski definition) is 8. The fourth-order valence-electron chi connectivity index (χ4n) is 5.52. The van der Waals surface area contributed by atoms with Crippen molar-refractivity contribution in [3.63, 3.8) is 0 Å². The van der Waals surface area contributed by atoms with Crippen LogP contribution in [0.3, 0.4) is 0 Å². The highest BCUT2D eigenvalue weighted by atomic mass is 16.5. The van der Waals surface area contributed by atoms with E-state index in [1.54, 1.807) is 60.7 Å². The Morgan fingerprint density at radius 1 is 0.787 bits per heavy atom. The van der Waals surface area contributed by atoms with E-state index in [0.29, 0.717) is 39.9 Å². The first-order chi connectivity index (χ1) is 22.7. The number of para-hydroxylation sites is 1. The lowest BCUT2D eigenvalue weighted by atomic mass is 10.0. The molecule has 0 fully saturated rings. The van der Waals surface area contributed by atoms with Crippen LogP contribution < -0.4 is 29.2 Å². The number of nitrogens with zero attached hydrogens (tertiary/aromatic N) is 2. The minimum absolute atomic E-state index is 0.00924. The van der Waals surface area contributed by atoms with Gasteiger partial charge in [0.1, 0.15) is 24.1 Å². The van der Waals surface area contributed by atoms with E-state index >= 15 is 0 Å². The number of ether oxygens (including phenoxy) is 4. The van der Waals surface area contributed by atoms with E-state index in [1.807, 2.05) is 31.2 Å². The molecule has 1 aliphatic rings. The number of nitrogens with one attached hydrogen (secondary N) is 1. The lowest BCUT2D eigenvalue weighted by Crippen LogP contribution is -2.46. The fourth-order valence-corrected chi connectivity index (χ4v) is 5.52. The molecule has 3 amide bonds. The minimum atomic E-state index is -1.24. The summed E-state index contributed by atoms with van der Waals surface area (Å²) >= 11 is 0. The predicted molar refractivity (Wildman–Crippen MR) is 175 cm³/mol. The summed E-state index contributed by atoms with van der Waals surface area (Å²) in [5.41, 5.74) is 3.00. The first-order valence-electron chi connectivity index (χ1n) is 14.7. The molecule has 11 heteroatoms. The van der Waals surface area contributed by atoms with E-state index in [-0.39, 0.29) is 12.1 Å². The fraction of sp³-hybridized carbons (Fsp3) is 0.222. The van der Waals surface area contributed by atoms with Gasteiger partial charge in [0.2, 0.25) is 5.91 Å². The molecule has 1 heterocycles. The number of benzene rings is 4. The molecule has 242 valence electrons. The number of hydrogen-bond donors (Lipinski definition) is 1. The van der Waals surface area contributed by atoms with Gasteiger partial charge in [-0.1, -0.05) is 42.5 Å². The Bertz CT molecular complexity index is 1840. The van der Waals surface area contributed by atoms with Gasteiger partial charge in [-0.3, -0.25) is 24.1 Å². The summed E-state index contributed by atoms with van der Waals surface area (Å²) in [6, 6.07) is 22.7. The van der Waals surface area contributed by atoms with Gasteiger partial charge in [0.05, 0.1) is 45.4 Å². The molecule has 0 spiro atoms. The molecular weight excluding hydrogens is 602 g/mol. The zero-order valence-electron chi connectivity index (χ0n) is 26.7. The van der Waals surface area contributed by atoms with E-state index in [2.05, 4.69) is 5.32 Å². The van der Waals surface area contributed by atoms with Gasteiger partial charge in [-0.25, -0.2) is 0 Å². The normalized spacial score (nSPS) is 12.7. The van der Waals surface area contributed by atoms with Crippen molar-refractivity contribution < 1.29 is 38.1 Å². The van der Waals surface area contributed by atoms with Crippen molar-refractivity contribution in [2.45, 2.75) is 19.5 Å². The molecule has 0 radical (unpaired) electrons. The Balaban J connectivity index is 1.62. The summed E-state index contributed by atoms with van der Waals surface area (Å²) in [5.74, 6) is -0.986. The second-order valence-electron chi connectivity index (χ2n) is 10.8. The molecule has 4 aromatic rings. The molecule has 0 saturated heterocycles. The van der Waals surface area contributed by atoms with Gasteiger partial charge < -0.3 is 29.2 Å². The van der Waals surface area contributed by atoms with Crippen molar-refractivity contribution in [3.8, 4) is 23.0 Å². The maximum atomic E-state index is 14.5. The number of rotatable bonds is 12. The predicted octanol–water partition coefficient (Wildman–Crippen LogP) is 4.97. The summed E-state index contributed by atoms with van der Waals surface area (Å²) in [4.78, 5) is 57.4. The Morgan fingerprint density at radius 3 is 2.19 bits per heavy atom. The zero-order chi connectivity index (χ0) is 33.7. The SMILES string of the molecule is COc1ccc(NC(=O)C(c2ccc(OC)c(OC)c2)N(Cc2ccccc2C)C(=O)CN2C(=O)C(=O)c3ccccc32)c(OC)c1. The van der Waals surface area contributed by atoms with Crippen molar-refractivity contribution in [1.29, 1.82) is 0 Å². The van der Waals surface area contributed by atoms with Crippen LogP contribution in [-0.2, 0) is 20.9 Å². The smallest absolute Gasteiger partial charge is 0.299 e. The molecule has 0 saturated carbocycles. The van der Waals surface area contributed by atoms with E-state index in [0.717, 1.165) is 16.0 Å². The molecule has 1 unspecified atom stereocenters. The molecule has 4 aromatic carbocycles. The highest BCUT2D eigenvalue weighted by Gasteiger charge is 2.40. The van der Waals surface area contributed by atoms with E-state index < -0.39 is 36.1 Å². The molecule has 1 N–H and O–H groups in total. The average molecular weight is 638 g/mol. The van der Waals surface area contributed by atoms with Crippen molar-refractivity contribution in [2.24, 2.45) is 0 Å². The Hall–Kier alpha value is -5.84. The zero-order valence-corrected chi connectivity index (χ0v) is 26.7. The second kappa shape index (κ2) is 14.1. The highest BCUT2D eigenvalue weighted by molar-refractivity contribution is 6.52. The summed E-state index contributed by atoms with van der Waals surface area (Å²) in [5, 5.41) is 2.92. The number of ketones is 1. The molecular formula is C36H35N3O8. The number of amides is 3. The van der Waals surface area contributed by atoms with E-state index in [9.17, 15) is 19.2 Å². The maximum absolute atomic E-state index is 14.5. The number of methoxy groups -OCH3 is 4. The standard InChI is InChI=1S/C36H35N3O8/c1-22-10-6-7-11-24(22)20-39(32(40)21-38-28-13-9-8-12-26(28)34(41)36(38)43)33(23-14-17-29(45-3)31(18-23)47-5)35(42)37-27-16-15-25(44-2)19-30(27)46-4/h6-19,33H,20-21H2,1-5H3,(H,37,42). The van der Waals surface area contributed by atoms with Crippen LogP contribution in [0.15, 0.2) is 84.9 Å². The Morgan fingerprint density at radius 2 is 1.49 bits per heavy atom. The van der Waals surface area contributed by atoms with Crippen LogP contribution in [0, 0.1) is 6.92 Å². The lowest BCUT2D eigenvalue weighted by Gasteiger charge is -2.33. The average Bonchev–Trinajstić information content (AvgIpc) is 3.33. The number of carbonyl (C=O) groups excluding carboxylic acids is 4. The number of anilines is 2. The third-order valence-electron chi connectivity index (χ3n) is 8.04. The number of Topliss-reactive ketones (excluding diaryl/α,β-unsaturated/α-hetero) is 1. The summed E-state index contributed by atoms with van der Waals surface area (Å²) in [6.45, 7) is 1.44. The molecule has 1 aliphatic heterocycles. The molecule has 0 aromatic heterocycles. The van der Waals surface area contributed by atoms with Crippen LogP contribution in [0.5, 0.6) is 23.0 Å². The Kier molecular flexibility index (Phi) is 9.74. The molecule has 0 aliphatic carbocycles. The third kappa shape index (κ3) is 6.60. The molecule has 11 nitrogen and oxygen atoms in total. The second-order valence-corrected chi connectivity index (χ2v) is 10.8. The van der Waals surface area contributed by atoms with Crippen LogP contribution in [0.1, 0.15) is 33.1 Å². The van der Waals surface area contributed by atoms with Crippen molar-refractivity contribution >= 4 is 34.9 Å². The van der Waals surface area contributed by atoms with Crippen molar-refractivity contribution in [2.75, 3.05) is 45.2 Å². The van der Waals surface area contributed by atoms with Gasteiger partial charge in [0.25, 0.3) is 17.6 Å². The summed E-state index contributed by atoms with van der Waals surface area (Å²) in [6.07, 6.45) is 0.